The van der Waals surface area contributed by atoms with Gasteiger partial charge in [-0.25, -0.2) is 0 Å². The van der Waals surface area contributed by atoms with Gasteiger partial charge in [0.15, 0.2) is 0 Å². The van der Waals surface area contributed by atoms with Gasteiger partial charge in [-0.1, -0.05) is 44.7 Å². The number of benzene rings is 1. The van der Waals surface area contributed by atoms with Crippen LogP contribution >= 0.6 is 0 Å². The van der Waals surface area contributed by atoms with Crippen molar-refractivity contribution >= 4 is 0 Å². The van der Waals surface area contributed by atoms with Crippen LogP contribution in [0.1, 0.15) is 32.3 Å². The summed E-state index contributed by atoms with van der Waals surface area (Å²) < 4.78 is 5.69. The van der Waals surface area contributed by atoms with Gasteiger partial charge in [0.1, 0.15) is 11.5 Å². The van der Waals surface area contributed by atoms with Crippen LogP contribution in [-0.4, -0.2) is 0 Å². The number of rotatable bonds is 5. The minimum absolute atomic E-state index is 0.536. The molecule has 1 rings (SSSR count). The number of ether oxygens (including phenoxy) is 1. The molecule has 0 aromatic heterocycles. The summed E-state index contributed by atoms with van der Waals surface area (Å²) in [6.45, 7) is 13.8. The smallest absolute Gasteiger partial charge is 0.127 e. The van der Waals surface area contributed by atoms with Gasteiger partial charge in [-0.2, -0.15) is 0 Å². The standard InChI is InChI=1S/C16H20O/c1-6-15(11-12(2)3)17-16-9-7-14(8-10-16)13(4)5/h6-11,13H,1-2H2,3-5H3/b15-11+. The molecule has 0 aliphatic rings. The van der Waals surface area contributed by atoms with Gasteiger partial charge in [0.2, 0.25) is 0 Å². The molecule has 1 aromatic rings. The highest BCUT2D eigenvalue weighted by molar-refractivity contribution is 5.32. The minimum atomic E-state index is 0.536. The molecule has 0 saturated carbocycles. The lowest BCUT2D eigenvalue weighted by molar-refractivity contribution is 0.444. The van der Waals surface area contributed by atoms with E-state index in [-0.39, 0.29) is 0 Å². The predicted octanol–water partition coefficient (Wildman–Crippen LogP) is 4.83. The lowest BCUT2D eigenvalue weighted by Gasteiger charge is -2.09. The summed E-state index contributed by atoms with van der Waals surface area (Å²) >= 11 is 0. The van der Waals surface area contributed by atoms with Gasteiger partial charge in [-0.15, -0.1) is 0 Å². The second-order valence-electron chi connectivity index (χ2n) is 4.42. The minimum Gasteiger partial charge on any atom is -0.457 e. The molecule has 0 amide bonds. The highest BCUT2D eigenvalue weighted by Gasteiger charge is 2.00. The van der Waals surface area contributed by atoms with Gasteiger partial charge < -0.3 is 4.74 Å². The summed E-state index contributed by atoms with van der Waals surface area (Å²) in [6.07, 6.45) is 3.55. The molecular weight excluding hydrogens is 208 g/mol. The molecule has 0 aliphatic carbocycles. The van der Waals surface area contributed by atoms with Gasteiger partial charge in [0, 0.05) is 0 Å². The average Bonchev–Trinajstić information content (AvgIpc) is 2.28. The molecule has 0 bridgehead atoms. The van der Waals surface area contributed by atoms with Gasteiger partial charge in [-0.3, -0.25) is 0 Å². The zero-order chi connectivity index (χ0) is 12.8. The van der Waals surface area contributed by atoms with E-state index in [9.17, 15) is 0 Å². The van der Waals surface area contributed by atoms with Crippen molar-refractivity contribution < 1.29 is 4.74 Å². The van der Waals surface area contributed by atoms with Crippen molar-refractivity contribution in [1.82, 2.24) is 0 Å². The van der Waals surface area contributed by atoms with Crippen molar-refractivity contribution in [2.75, 3.05) is 0 Å². The van der Waals surface area contributed by atoms with Gasteiger partial charge >= 0.3 is 0 Å². The maximum atomic E-state index is 5.69. The molecule has 90 valence electrons. The molecule has 0 unspecified atom stereocenters. The van der Waals surface area contributed by atoms with Crippen LogP contribution in [0.2, 0.25) is 0 Å². The van der Waals surface area contributed by atoms with Gasteiger partial charge in [0.05, 0.1) is 0 Å². The lowest BCUT2D eigenvalue weighted by atomic mass is 10.0. The van der Waals surface area contributed by atoms with E-state index < -0.39 is 0 Å². The molecule has 0 N–H and O–H groups in total. The Bertz CT molecular complexity index is 421. The van der Waals surface area contributed by atoms with Crippen LogP contribution < -0.4 is 4.74 Å². The first-order chi connectivity index (χ1) is 8.02. The Kier molecular flexibility index (Phi) is 4.77. The molecule has 0 radical (unpaired) electrons. The first-order valence-corrected chi connectivity index (χ1v) is 5.80. The maximum Gasteiger partial charge on any atom is 0.127 e. The third-order valence-corrected chi connectivity index (χ3v) is 2.37. The van der Waals surface area contributed by atoms with Crippen LogP contribution in [-0.2, 0) is 0 Å². The van der Waals surface area contributed by atoms with E-state index >= 15 is 0 Å². The Morgan fingerprint density at radius 3 is 2.24 bits per heavy atom. The van der Waals surface area contributed by atoms with E-state index in [2.05, 4.69) is 39.1 Å². The Balaban J connectivity index is 2.81. The van der Waals surface area contributed by atoms with Gasteiger partial charge in [-0.05, 0) is 42.7 Å². The SMILES string of the molecule is C=C/C(=C\C(=C)C)Oc1ccc(C(C)C)cc1. The zero-order valence-corrected chi connectivity index (χ0v) is 10.9. The molecule has 0 aliphatic heterocycles. The van der Waals surface area contributed by atoms with Crippen molar-refractivity contribution in [3.63, 3.8) is 0 Å². The third-order valence-electron chi connectivity index (χ3n) is 2.37. The zero-order valence-electron chi connectivity index (χ0n) is 10.9. The average molecular weight is 228 g/mol. The monoisotopic (exact) mass is 228 g/mol. The van der Waals surface area contributed by atoms with Crippen LogP contribution in [0, 0.1) is 0 Å². The van der Waals surface area contributed by atoms with Crippen molar-refractivity contribution in [1.29, 1.82) is 0 Å². The summed E-state index contributed by atoms with van der Waals surface area (Å²) in [5, 5.41) is 0. The van der Waals surface area contributed by atoms with Crippen LogP contribution in [0.3, 0.4) is 0 Å². The summed E-state index contributed by atoms with van der Waals surface area (Å²) in [5.74, 6) is 2.07. The Labute approximate surface area is 104 Å². The fourth-order valence-electron chi connectivity index (χ4n) is 1.43. The summed E-state index contributed by atoms with van der Waals surface area (Å²) in [6, 6.07) is 8.12. The largest absolute Gasteiger partial charge is 0.457 e. The van der Waals surface area contributed by atoms with E-state index in [0.717, 1.165) is 17.1 Å². The van der Waals surface area contributed by atoms with Crippen molar-refractivity contribution in [2.45, 2.75) is 26.7 Å². The van der Waals surface area contributed by atoms with Crippen LogP contribution in [0.25, 0.3) is 0 Å². The second-order valence-corrected chi connectivity index (χ2v) is 4.42. The fourth-order valence-corrected chi connectivity index (χ4v) is 1.43. The van der Waals surface area contributed by atoms with Crippen LogP contribution in [0.4, 0.5) is 0 Å². The lowest BCUT2D eigenvalue weighted by Crippen LogP contribution is -1.93. The van der Waals surface area contributed by atoms with E-state index in [1.165, 1.54) is 5.56 Å². The van der Waals surface area contributed by atoms with E-state index in [1.807, 2.05) is 25.1 Å². The summed E-state index contributed by atoms with van der Waals surface area (Å²) in [7, 11) is 0. The normalized spacial score (nSPS) is 11.4. The molecule has 0 spiro atoms. The van der Waals surface area contributed by atoms with Crippen molar-refractivity contribution in [3.8, 4) is 5.75 Å². The van der Waals surface area contributed by atoms with Crippen LogP contribution in [0.5, 0.6) is 5.75 Å². The van der Waals surface area contributed by atoms with E-state index in [1.54, 1.807) is 6.08 Å². The summed E-state index contributed by atoms with van der Waals surface area (Å²) in [5.41, 5.74) is 2.25. The molecule has 0 atom stereocenters. The first-order valence-electron chi connectivity index (χ1n) is 5.80. The molecule has 0 saturated heterocycles. The Hall–Kier alpha value is -1.76. The van der Waals surface area contributed by atoms with Crippen LogP contribution in [0.15, 0.2) is 60.9 Å². The maximum absolute atomic E-state index is 5.69. The van der Waals surface area contributed by atoms with Gasteiger partial charge in [0.25, 0.3) is 0 Å². The Morgan fingerprint density at radius 1 is 1.24 bits per heavy atom. The van der Waals surface area contributed by atoms with Crippen molar-refractivity contribution in [2.24, 2.45) is 0 Å². The molecule has 17 heavy (non-hydrogen) atoms. The molecule has 1 nitrogen and oxygen atoms in total. The molecular formula is C16H20O. The van der Waals surface area contributed by atoms with E-state index in [0.29, 0.717) is 5.92 Å². The predicted molar refractivity (Wildman–Crippen MR) is 74.3 cm³/mol. The number of hydrogen-bond acceptors (Lipinski definition) is 1. The quantitative estimate of drug-likeness (QED) is 0.518. The number of allylic oxidation sites excluding steroid dienone is 3. The molecule has 0 fully saturated rings. The summed E-state index contributed by atoms with van der Waals surface area (Å²) in [4.78, 5) is 0. The Morgan fingerprint density at radius 2 is 1.82 bits per heavy atom. The molecule has 1 heteroatoms. The highest BCUT2D eigenvalue weighted by Crippen LogP contribution is 2.20. The van der Waals surface area contributed by atoms with Crippen molar-refractivity contribution in [3.05, 3.63) is 66.5 Å². The highest BCUT2D eigenvalue weighted by atomic mass is 16.5. The second kappa shape index (κ2) is 6.09. The third kappa shape index (κ3) is 4.31. The number of hydrogen-bond donors (Lipinski definition) is 0. The topological polar surface area (TPSA) is 9.23 Å². The molecule has 1 aromatic carbocycles. The fraction of sp³-hybridized carbons (Fsp3) is 0.250. The van der Waals surface area contributed by atoms with E-state index in [4.69, 9.17) is 4.74 Å². The first kappa shape index (κ1) is 13.3. The molecule has 0 heterocycles.